The lowest BCUT2D eigenvalue weighted by Crippen LogP contribution is -2.65. The molecule has 2 bridgehead atoms. The topological polar surface area (TPSA) is 79.9 Å². The largest absolute Gasteiger partial charge is 0.493 e. The molecule has 2 aliphatic rings. The number of aryl methyl sites for hydroxylation is 1. The summed E-state index contributed by atoms with van der Waals surface area (Å²) in [4.78, 5) is 27.7. The second-order valence-corrected chi connectivity index (χ2v) is 8.75. The van der Waals surface area contributed by atoms with Crippen molar-refractivity contribution in [1.29, 1.82) is 0 Å². The van der Waals surface area contributed by atoms with Gasteiger partial charge in [0, 0.05) is 23.2 Å². The molecule has 3 aromatic carbocycles. The zero-order valence-corrected chi connectivity index (χ0v) is 19.4. The summed E-state index contributed by atoms with van der Waals surface area (Å²) >= 11 is 0. The molecule has 7 heteroatoms. The highest BCUT2D eigenvalue weighted by Crippen LogP contribution is 2.49. The number of anilines is 2. The third kappa shape index (κ3) is 3.73. The van der Waals surface area contributed by atoms with Gasteiger partial charge in [-0.3, -0.25) is 9.69 Å². The molecule has 0 spiro atoms. The lowest BCUT2D eigenvalue weighted by Gasteiger charge is -2.50. The van der Waals surface area contributed by atoms with E-state index in [1.165, 1.54) is 5.56 Å². The summed E-state index contributed by atoms with van der Waals surface area (Å²) in [7, 11) is 1.60. The minimum atomic E-state index is -0.945. The first-order valence-electron chi connectivity index (χ1n) is 11.4. The number of carbonyl (C=O) groups excluding carboxylic acids is 2. The van der Waals surface area contributed by atoms with Crippen LogP contribution in [0.3, 0.4) is 0 Å². The first-order chi connectivity index (χ1) is 16.4. The van der Waals surface area contributed by atoms with Crippen LogP contribution in [-0.2, 0) is 6.42 Å². The molecule has 174 valence electrons. The van der Waals surface area contributed by atoms with Crippen LogP contribution in [0.4, 0.5) is 16.2 Å². The number of nitrogens with one attached hydrogen (secondary N) is 2. The molecule has 5 rings (SSSR count). The number of rotatable bonds is 5. The molecule has 0 aliphatic carbocycles. The van der Waals surface area contributed by atoms with Crippen molar-refractivity contribution in [2.75, 3.05) is 17.3 Å². The molecule has 34 heavy (non-hydrogen) atoms. The highest BCUT2D eigenvalue weighted by Gasteiger charge is 2.50. The first-order valence-corrected chi connectivity index (χ1v) is 11.4. The van der Waals surface area contributed by atoms with Gasteiger partial charge >= 0.3 is 6.03 Å². The third-order valence-electron chi connectivity index (χ3n) is 6.47. The van der Waals surface area contributed by atoms with Gasteiger partial charge in [-0.05, 0) is 55.3 Å². The van der Waals surface area contributed by atoms with Crippen molar-refractivity contribution in [3.63, 3.8) is 0 Å². The number of fused-ring (bicyclic) bond motifs is 4. The van der Waals surface area contributed by atoms with Gasteiger partial charge in [0.25, 0.3) is 5.91 Å². The molecule has 1 saturated heterocycles. The summed E-state index contributed by atoms with van der Waals surface area (Å²) in [6.45, 7) is 3.97. The monoisotopic (exact) mass is 457 g/mol. The van der Waals surface area contributed by atoms with E-state index in [2.05, 4.69) is 17.6 Å². The van der Waals surface area contributed by atoms with Crippen molar-refractivity contribution >= 4 is 23.3 Å². The Labute approximate surface area is 198 Å². The molecule has 7 nitrogen and oxygen atoms in total. The van der Waals surface area contributed by atoms with E-state index in [0.717, 1.165) is 17.7 Å². The summed E-state index contributed by atoms with van der Waals surface area (Å²) in [5.41, 5.74) is 2.90. The van der Waals surface area contributed by atoms with Gasteiger partial charge < -0.3 is 20.1 Å². The fourth-order valence-electron chi connectivity index (χ4n) is 4.73. The summed E-state index contributed by atoms with van der Waals surface area (Å²) in [5, 5.41) is 6.01. The number of benzene rings is 3. The van der Waals surface area contributed by atoms with Gasteiger partial charge in [0.15, 0.2) is 17.2 Å². The quantitative estimate of drug-likeness (QED) is 0.546. The minimum absolute atomic E-state index is 0.190. The second-order valence-electron chi connectivity index (χ2n) is 8.75. The zero-order chi connectivity index (χ0) is 23.9. The maximum atomic E-state index is 13.2. The highest BCUT2D eigenvalue weighted by molar-refractivity contribution is 6.05. The molecule has 0 aromatic heterocycles. The molecule has 2 N–H and O–H groups in total. The molecular weight excluding hydrogens is 430 g/mol. The second kappa shape index (κ2) is 8.41. The van der Waals surface area contributed by atoms with E-state index >= 15 is 0 Å². The van der Waals surface area contributed by atoms with E-state index in [4.69, 9.17) is 9.47 Å². The number of hydrogen-bond donors (Lipinski definition) is 2. The van der Waals surface area contributed by atoms with Crippen LogP contribution >= 0.6 is 0 Å². The van der Waals surface area contributed by atoms with Crippen LogP contribution in [0.25, 0.3) is 0 Å². The fourth-order valence-corrected chi connectivity index (χ4v) is 4.73. The van der Waals surface area contributed by atoms with Crippen molar-refractivity contribution in [2.24, 2.45) is 0 Å². The number of ether oxygens (including phenoxy) is 2. The van der Waals surface area contributed by atoms with Crippen LogP contribution in [0, 0.1) is 0 Å². The number of para-hydroxylation sites is 1. The molecule has 3 aromatic rings. The molecule has 0 saturated carbocycles. The molecule has 2 atom stereocenters. The zero-order valence-electron chi connectivity index (χ0n) is 19.4. The van der Waals surface area contributed by atoms with Gasteiger partial charge in [-0.15, -0.1) is 0 Å². The van der Waals surface area contributed by atoms with Crippen molar-refractivity contribution in [1.82, 2.24) is 5.32 Å². The van der Waals surface area contributed by atoms with E-state index in [1.807, 2.05) is 49.4 Å². The summed E-state index contributed by atoms with van der Waals surface area (Å²) in [5.74, 6) is 0.994. The first kappa shape index (κ1) is 21.8. The summed E-state index contributed by atoms with van der Waals surface area (Å²) in [6, 6.07) is 20.0. The molecule has 2 aliphatic heterocycles. The lowest BCUT2D eigenvalue weighted by atomic mass is 9.89. The Bertz CT molecular complexity index is 1260. The Morgan fingerprint density at radius 3 is 2.68 bits per heavy atom. The maximum absolute atomic E-state index is 13.2. The Hall–Kier alpha value is -4.00. The molecule has 2 unspecified atom stereocenters. The third-order valence-corrected chi connectivity index (χ3v) is 6.47. The Kier molecular flexibility index (Phi) is 5.40. The number of methoxy groups -OCH3 is 1. The van der Waals surface area contributed by atoms with Crippen molar-refractivity contribution < 1.29 is 19.1 Å². The van der Waals surface area contributed by atoms with E-state index in [9.17, 15) is 9.59 Å². The lowest BCUT2D eigenvalue weighted by molar-refractivity contribution is 0.0349. The molecule has 3 amide bonds. The number of urea groups is 1. The van der Waals surface area contributed by atoms with Gasteiger partial charge in [0.05, 0.1) is 18.8 Å². The Morgan fingerprint density at radius 1 is 1.18 bits per heavy atom. The highest BCUT2D eigenvalue weighted by atomic mass is 16.5. The Balaban J connectivity index is 1.44. The van der Waals surface area contributed by atoms with Crippen molar-refractivity contribution in [3.05, 3.63) is 83.4 Å². The maximum Gasteiger partial charge on any atom is 0.325 e. The molecule has 0 radical (unpaired) electrons. The SMILES string of the molecule is CCc1ccc(NC(=O)c2cccc(N3C(=O)NC4CC3(C)Oc3c(OC)cccc34)c2)cc1. The van der Waals surface area contributed by atoms with Crippen molar-refractivity contribution in [3.8, 4) is 11.5 Å². The van der Waals surface area contributed by atoms with Crippen LogP contribution in [0.2, 0.25) is 0 Å². The van der Waals surface area contributed by atoms with Gasteiger partial charge in [0.1, 0.15) is 0 Å². The predicted octanol–water partition coefficient (Wildman–Crippen LogP) is 5.28. The molecule has 2 heterocycles. The van der Waals surface area contributed by atoms with Gasteiger partial charge in [0.2, 0.25) is 0 Å². The average molecular weight is 458 g/mol. The summed E-state index contributed by atoms with van der Waals surface area (Å²) < 4.78 is 11.9. The van der Waals surface area contributed by atoms with E-state index in [1.54, 1.807) is 36.3 Å². The van der Waals surface area contributed by atoms with E-state index in [0.29, 0.717) is 29.2 Å². The van der Waals surface area contributed by atoms with Gasteiger partial charge in [-0.1, -0.05) is 37.3 Å². The van der Waals surface area contributed by atoms with Crippen LogP contribution in [0.15, 0.2) is 66.7 Å². The standard InChI is InChI=1S/C27H27N3O4/c1-4-17-11-13-19(14-12-17)28-25(31)18-7-5-8-20(15-18)30-26(32)29-22-16-27(30,2)34-24-21(22)9-6-10-23(24)33-3/h5-15,22H,4,16H2,1-3H3,(H,28,31)(H,29,32). The summed E-state index contributed by atoms with van der Waals surface area (Å²) in [6.07, 6.45) is 1.49. The number of hydrogen-bond acceptors (Lipinski definition) is 4. The number of carbonyl (C=O) groups is 2. The number of nitrogens with zero attached hydrogens (tertiary/aromatic N) is 1. The smallest absolute Gasteiger partial charge is 0.325 e. The van der Waals surface area contributed by atoms with Crippen LogP contribution in [0.1, 0.15) is 47.8 Å². The van der Waals surface area contributed by atoms with Gasteiger partial charge in [-0.2, -0.15) is 0 Å². The van der Waals surface area contributed by atoms with Crippen molar-refractivity contribution in [2.45, 2.75) is 38.5 Å². The fraction of sp³-hybridized carbons (Fsp3) is 0.259. The number of amides is 3. The normalized spacial score (nSPS) is 20.6. The van der Waals surface area contributed by atoms with E-state index < -0.39 is 5.72 Å². The van der Waals surface area contributed by atoms with Crippen LogP contribution in [0.5, 0.6) is 11.5 Å². The molecular formula is C27H27N3O4. The van der Waals surface area contributed by atoms with Gasteiger partial charge in [-0.25, -0.2) is 4.79 Å². The van der Waals surface area contributed by atoms with Crippen LogP contribution < -0.4 is 25.0 Å². The predicted molar refractivity (Wildman–Crippen MR) is 131 cm³/mol. The van der Waals surface area contributed by atoms with Crippen LogP contribution in [-0.4, -0.2) is 24.8 Å². The molecule has 1 fully saturated rings. The average Bonchev–Trinajstić information content (AvgIpc) is 2.84. The Morgan fingerprint density at radius 2 is 1.94 bits per heavy atom. The van der Waals surface area contributed by atoms with E-state index in [-0.39, 0.29) is 18.0 Å². The minimum Gasteiger partial charge on any atom is -0.493 e.